The van der Waals surface area contributed by atoms with Gasteiger partial charge >= 0.3 is 0 Å². The molecule has 0 atom stereocenters. The Labute approximate surface area is 145 Å². The molecule has 0 fully saturated rings. The van der Waals surface area contributed by atoms with Crippen LogP contribution in [0.4, 0.5) is 10.1 Å². The monoisotopic (exact) mass is 361 g/mol. The van der Waals surface area contributed by atoms with E-state index in [1.54, 1.807) is 12.1 Å². The zero-order valence-corrected chi connectivity index (χ0v) is 14.3. The Bertz CT molecular complexity index is 923. The molecule has 0 saturated heterocycles. The molecule has 130 valence electrons. The number of nitrogens with one attached hydrogen (secondary N) is 1. The molecule has 1 amide bonds. The molecule has 2 aromatic carbocycles. The highest BCUT2D eigenvalue weighted by Gasteiger charge is 2.20. The molecule has 0 heterocycles. The molecule has 6 nitrogen and oxygen atoms in total. The second-order valence-corrected chi connectivity index (χ2v) is 7.11. The molecule has 0 saturated carbocycles. The standard InChI is InChI=1S/C17H16FN3O3S/c1-25(23,24)21(16-9-5-2-6-13(16)12-19)11-10-20-17(22)14-7-3-4-8-15(14)18/h2-9H,10-11H2,1H3,(H,20,22). The number of para-hydroxylation sites is 1. The number of anilines is 1. The Balaban J connectivity index is 2.14. The van der Waals surface area contributed by atoms with Crippen molar-refractivity contribution in [3.63, 3.8) is 0 Å². The van der Waals surface area contributed by atoms with Crippen LogP contribution in [0, 0.1) is 17.1 Å². The summed E-state index contributed by atoms with van der Waals surface area (Å²) in [6.45, 7) is -0.127. The molecule has 0 radical (unpaired) electrons. The van der Waals surface area contributed by atoms with Gasteiger partial charge in [0.25, 0.3) is 5.91 Å². The van der Waals surface area contributed by atoms with Crippen LogP contribution in [0.25, 0.3) is 0 Å². The predicted octanol–water partition coefficient (Wildman–Crippen LogP) is 1.89. The Morgan fingerprint density at radius 3 is 2.48 bits per heavy atom. The fraction of sp³-hybridized carbons (Fsp3) is 0.176. The lowest BCUT2D eigenvalue weighted by atomic mass is 10.2. The SMILES string of the molecule is CS(=O)(=O)N(CCNC(=O)c1ccccc1F)c1ccccc1C#N. The minimum absolute atomic E-state index is 0.0417. The topological polar surface area (TPSA) is 90.3 Å². The number of sulfonamides is 1. The van der Waals surface area contributed by atoms with Crippen LogP contribution in [-0.4, -0.2) is 33.7 Å². The van der Waals surface area contributed by atoms with Crippen molar-refractivity contribution in [2.75, 3.05) is 23.7 Å². The molecule has 0 aromatic heterocycles. The van der Waals surface area contributed by atoms with E-state index >= 15 is 0 Å². The van der Waals surface area contributed by atoms with Crippen LogP contribution >= 0.6 is 0 Å². The smallest absolute Gasteiger partial charge is 0.254 e. The van der Waals surface area contributed by atoms with Gasteiger partial charge in [0.1, 0.15) is 11.9 Å². The summed E-state index contributed by atoms with van der Waals surface area (Å²) in [7, 11) is -3.66. The van der Waals surface area contributed by atoms with Crippen molar-refractivity contribution in [1.29, 1.82) is 5.26 Å². The number of benzene rings is 2. The molecule has 0 aliphatic carbocycles. The van der Waals surface area contributed by atoms with E-state index in [-0.39, 0.29) is 29.9 Å². The molecule has 8 heteroatoms. The maximum absolute atomic E-state index is 13.6. The van der Waals surface area contributed by atoms with Crippen molar-refractivity contribution in [3.8, 4) is 6.07 Å². The highest BCUT2D eigenvalue weighted by atomic mass is 32.2. The lowest BCUT2D eigenvalue weighted by Crippen LogP contribution is -2.38. The molecule has 2 rings (SSSR count). The normalized spacial score (nSPS) is 10.8. The van der Waals surface area contributed by atoms with Gasteiger partial charge in [-0.3, -0.25) is 9.10 Å². The highest BCUT2D eigenvalue weighted by Crippen LogP contribution is 2.21. The maximum atomic E-state index is 13.6. The summed E-state index contributed by atoms with van der Waals surface area (Å²) in [5.74, 6) is -1.30. The molecule has 0 bridgehead atoms. The zero-order valence-electron chi connectivity index (χ0n) is 13.4. The highest BCUT2D eigenvalue weighted by molar-refractivity contribution is 7.92. The predicted molar refractivity (Wildman–Crippen MR) is 92.1 cm³/mol. The number of amides is 1. The van der Waals surface area contributed by atoms with Crippen LogP contribution in [0.1, 0.15) is 15.9 Å². The summed E-state index contributed by atoms with van der Waals surface area (Å²) in [5, 5.41) is 11.6. The number of rotatable bonds is 6. The van der Waals surface area contributed by atoms with Gasteiger partial charge in [-0.05, 0) is 24.3 Å². The third-order valence-electron chi connectivity index (χ3n) is 3.41. The van der Waals surface area contributed by atoms with E-state index < -0.39 is 21.7 Å². The van der Waals surface area contributed by atoms with E-state index in [0.717, 1.165) is 10.6 Å². The van der Waals surface area contributed by atoms with E-state index in [1.165, 1.54) is 36.4 Å². The van der Waals surface area contributed by atoms with Crippen LogP contribution in [0.2, 0.25) is 0 Å². The second-order valence-electron chi connectivity index (χ2n) is 5.20. The van der Waals surface area contributed by atoms with Crippen LogP contribution in [0.15, 0.2) is 48.5 Å². The van der Waals surface area contributed by atoms with Gasteiger partial charge in [0.05, 0.1) is 29.6 Å². The van der Waals surface area contributed by atoms with Crippen molar-refractivity contribution in [3.05, 3.63) is 65.5 Å². The van der Waals surface area contributed by atoms with Crippen molar-refractivity contribution >= 4 is 21.6 Å². The lowest BCUT2D eigenvalue weighted by Gasteiger charge is -2.23. The maximum Gasteiger partial charge on any atom is 0.254 e. The van der Waals surface area contributed by atoms with Gasteiger partial charge in [0.15, 0.2) is 0 Å². The summed E-state index contributed by atoms with van der Waals surface area (Å²) in [6.07, 6.45) is 1.01. The van der Waals surface area contributed by atoms with Crippen LogP contribution in [-0.2, 0) is 10.0 Å². The molecular formula is C17H16FN3O3S. The fourth-order valence-corrected chi connectivity index (χ4v) is 3.20. The molecule has 1 N–H and O–H groups in total. The van der Waals surface area contributed by atoms with E-state index in [0.29, 0.717) is 0 Å². The summed E-state index contributed by atoms with van der Waals surface area (Å²) in [5.41, 5.74) is 0.312. The molecule has 25 heavy (non-hydrogen) atoms. The number of nitrogens with zero attached hydrogens (tertiary/aromatic N) is 2. The van der Waals surface area contributed by atoms with Crippen molar-refractivity contribution in [2.45, 2.75) is 0 Å². The summed E-state index contributed by atoms with van der Waals surface area (Å²) in [6, 6.07) is 13.7. The van der Waals surface area contributed by atoms with Crippen molar-refractivity contribution < 1.29 is 17.6 Å². The van der Waals surface area contributed by atoms with E-state index in [2.05, 4.69) is 5.32 Å². The zero-order chi connectivity index (χ0) is 18.4. The number of carbonyl (C=O) groups is 1. The minimum atomic E-state index is -3.66. The largest absolute Gasteiger partial charge is 0.350 e. The summed E-state index contributed by atoms with van der Waals surface area (Å²) >= 11 is 0. The van der Waals surface area contributed by atoms with Gasteiger partial charge in [-0.2, -0.15) is 5.26 Å². The molecule has 2 aromatic rings. The van der Waals surface area contributed by atoms with Crippen LogP contribution in [0.5, 0.6) is 0 Å². The number of hydrogen-bond acceptors (Lipinski definition) is 4. The van der Waals surface area contributed by atoms with Gasteiger partial charge in [0, 0.05) is 6.54 Å². The minimum Gasteiger partial charge on any atom is -0.350 e. The average Bonchev–Trinajstić information content (AvgIpc) is 2.58. The molecular weight excluding hydrogens is 345 g/mol. The van der Waals surface area contributed by atoms with Crippen molar-refractivity contribution in [2.24, 2.45) is 0 Å². The number of nitriles is 1. The summed E-state index contributed by atoms with van der Waals surface area (Å²) < 4.78 is 38.7. The third-order valence-corrected chi connectivity index (χ3v) is 4.59. The first-order valence-corrected chi connectivity index (χ1v) is 9.19. The van der Waals surface area contributed by atoms with Gasteiger partial charge in [0.2, 0.25) is 10.0 Å². The number of halogens is 1. The van der Waals surface area contributed by atoms with Gasteiger partial charge in [-0.25, -0.2) is 12.8 Å². The van der Waals surface area contributed by atoms with E-state index in [4.69, 9.17) is 5.26 Å². The first-order chi connectivity index (χ1) is 11.8. The average molecular weight is 361 g/mol. The fourth-order valence-electron chi connectivity index (χ4n) is 2.26. The Morgan fingerprint density at radius 1 is 1.20 bits per heavy atom. The first-order valence-electron chi connectivity index (χ1n) is 7.34. The quantitative estimate of drug-likeness (QED) is 0.851. The van der Waals surface area contributed by atoms with Crippen LogP contribution < -0.4 is 9.62 Å². The van der Waals surface area contributed by atoms with Crippen molar-refractivity contribution in [1.82, 2.24) is 5.32 Å². The Kier molecular flexibility index (Phi) is 5.72. The summed E-state index contributed by atoms with van der Waals surface area (Å²) in [4.78, 5) is 12.0. The number of carbonyl (C=O) groups excluding carboxylic acids is 1. The Morgan fingerprint density at radius 2 is 1.84 bits per heavy atom. The van der Waals surface area contributed by atoms with Gasteiger partial charge < -0.3 is 5.32 Å². The second kappa shape index (κ2) is 7.77. The lowest BCUT2D eigenvalue weighted by molar-refractivity contribution is 0.0951. The first kappa shape index (κ1) is 18.4. The molecule has 0 aliphatic rings. The Hall–Kier alpha value is -2.92. The molecule has 0 aliphatic heterocycles. The van der Waals surface area contributed by atoms with Gasteiger partial charge in [-0.1, -0.05) is 24.3 Å². The van der Waals surface area contributed by atoms with Gasteiger partial charge in [-0.15, -0.1) is 0 Å². The van der Waals surface area contributed by atoms with E-state index in [1.807, 2.05) is 6.07 Å². The molecule has 0 unspecified atom stereocenters. The number of hydrogen-bond donors (Lipinski definition) is 1. The molecule has 0 spiro atoms. The van der Waals surface area contributed by atoms with Crippen LogP contribution in [0.3, 0.4) is 0 Å². The van der Waals surface area contributed by atoms with E-state index in [9.17, 15) is 17.6 Å². The third kappa shape index (κ3) is 4.55.